The summed E-state index contributed by atoms with van der Waals surface area (Å²) in [6, 6.07) is 5.52. The summed E-state index contributed by atoms with van der Waals surface area (Å²) in [6.07, 6.45) is 7.24. The summed E-state index contributed by atoms with van der Waals surface area (Å²) in [6.45, 7) is 1.39. The second-order valence-corrected chi connectivity index (χ2v) is 3.98. The maximum absolute atomic E-state index is 12.1. The minimum absolute atomic E-state index is 0.0514. The first-order valence-corrected chi connectivity index (χ1v) is 5.48. The van der Waals surface area contributed by atoms with Crippen LogP contribution in [0.25, 0.3) is 10.9 Å². The van der Waals surface area contributed by atoms with Gasteiger partial charge < -0.3 is 4.90 Å². The lowest BCUT2D eigenvalue weighted by molar-refractivity contribution is 0.0800. The van der Waals surface area contributed by atoms with Gasteiger partial charge in [0.05, 0.1) is 5.52 Å². The van der Waals surface area contributed by atoms with E-state index in [9.17, 15) is 4.79 Å². The number of rotatable bonds is 1. The first-order valence-electron chi connectivity index (χ1n) is 5.48. The van der Waals surface area contributed by atoms with E-state index in [2.05, 4.69) is 9.97 Å². The fourth-order valence-corrected chi connectivity index (χ4v) is 1.93. The predicted octanol–water partition coefficient (Wildman–Crippen LogP) is 1.64. The molecule has 0 radical (unpaired) electrons. The van der Waals surface area contributed by atoms with Crippen molar-refractivity contribution >= 4 is 16.8 Å². The van der Waals surface area contributed by atoms with Crippen LogP contribution in [0.4, 0.5) is 0 Å². The summed E-state index contributed by atoms with van der Waals surface area (Å²) in [5, 5.41) is 0.948. The Morgan fingerprint density at radius 3 is 2.88 bits per heavy atom. The molecule has 0 N–H and O–H groups in total. The molecule has 4 nitrogen and oxygen atoms in total. The number of fused-ring (bicyclic) bond motifs is 1. The molecule has 1 aromatic heterocycles. The highest BCUT2D eigenvalue weighted by atomic mass is 16.2. The number of benzene rings is 1. The topological polar surface area (TPSA) is 46.1 Å². The van der Waals surface area contributed by atoms with Crippen molar-refractivity contribution in [2.45, 2.75) is 0 Å². The molecule has 1 aliphatic rings. The third-order valence-corrected chi connectivity index (χ3v) is 2.86. The Balaban J connectivity index is 1.97. The van der Waals surface area contributed by atoms with E-state index in [1.807, 2.05) is 30.4 Å². The van der Waals surface area contributed by atoms with E-state index in [-0.39, 0.29) is 5.91 Å². The summed E-state index contributed by atoms with van der Waals surface area (Å²) in [7, 11) is 0. The van der Waals surface area contributed by atoms with E-state index in [0.717, 1.165) is 10.9 Å². The average Bonchev–Trinajstić information content (AvgIpc) is 2.91. The standard InChI is InChI=1S/C13H11N3O/c17-13(16-5-1-2-6-16)10-3-4-11-8-14-9-15-12(11)7-10/h1-4,7-9H,5-6H2. The zero-order chi connectivity index (χ0) is 11.7. The van der Waals surface area contributed by atoms with Crippen LogP contribution in [-0.2, 0) is 0 Å². The van der Waals surface area contributed by atoms with Crippen molar-refractivity contribution in [2.24, 2.45) is 0 Å². The van der Waals surface area contributed by atoms with Gasteiger partial charge in [-0.3, -0.25) is 4.79 Å². The molecular weight excluding hydrogens is 214 g/mol. The van der Waals surface area contributed by atoms with Crippen molar-refractivity contribution in [1.82, 2.24) is 14.9 Å². The minimum Gasteiger partial charge on any atom is -0.331 e. The van der Waals surface area contributed by atoms with E-state index < -0.39 is 0 Å². The molecule has 4 heteroatoms. The fraction of sp³-hybridized carbons (Fsp3) is 0.154. The van der Waals surface area contributed by atoms with Crippen LogP contribution >= 0.6 is 0 Å². The van der Waals surface area contributed by atoms with Gasteiger partial charge in [0.15, 0.2) is 0 Å². The van der Waals surface area contributed by atoms with Crippen molar-refractivity contribution in [2.75, 3.05) is 13.1 Å². The molecule has 84 valence electrons. The van der Waals surface area contributed by atoms with E-state index in [0.29, 0.717) is 18.7 Å². The first kappa shape index (κ1) is 9.96. The van der Waals surface area contributed by atoms with Gasteiger partial charge in [-0.25, -0.2) is 9.97 Å². The predicted molar refractivity (Wildman–Crippen MR) is 64.6 cm³/mol. The van der Waals surface area contributed by atoms with Crippen LogP contribution in [0.1, 0.15) is 10.4 Å². The van der Waals surface area contributed by atoms with Gasteiger partial charge in [-0.1, -0.05) is 18.2 Å². The third kappa shape index (κ3) is 1.78. The molecule has 1 amide bonds. The van der Waals surface area contributed by atoms with Crippen molar-refractivity contribution in [3.63, 3.8) is 0 Å². The molecule has 3 rings (SSSR count). The smallest absolute Gasteiger partial charge is 0.254 e. The van der Waals surface area contributed by atoms with Crippen LogP contribution < -0.4 is 0 Å². The molecule has 0 fully saturated rings. The maximum atomic E-state index is 12.1. The molecule has 0 unspecified atom stereocenters. The monoisotopic (exact) mass is 225 g/mol. The number of hydrogen-bond donors (Lipinski definition) is 0. The molecule has 0 aliphatic carbocycles. The molecule has 1 aromatic carbocycles. The molecule has 17 heavy (non-hydrogen) atoms. The summed E-state index contributed by atoms with van der Waals surface area (Å²) in [5.74, 6) is 0.0514. The Morgan fingerprint density at radius 2 is 2.06 bits per heavy atom. The fourth-order valence-electron chi connectivity index (χ4n) is 1.93. The van der Waals surface area contributed by atoms with Gasteiger partial charge in [-0.2, -0.15) is 0 Å². The Morgan fingerprint density at radius 1 is 1.24 bits per heavy atom. The number of nitrogens with zero attached hydrogens (tertiary/aromatic N) is 3. The van der Waals surface area contributed by atoms with Crippen molar-refractivity contribution < 1.29 is 4.79 Å². The lowest BCUT2D eigenvalue weighted by Gasteiger charge is -2.15. The number of amides is 1. The molecule has 2 heterocycles. The van der Waals surface area contributed by atoms with Gasteiger partial charge in [-0.15, -0.1) is 0 Å². The SMILES string of the molecule is O=C(c1ccc2cncnc2c1)N1CC=CC1. The summed E-state index contributed by atoms with van der Waals surface area (Å²) < 4.78 is 0. The second kappa shape index (κ2) is 3.97. The van der Waals surface area contributed by atoms with Gasteiger partial charge in [0, 0.05) is 30.2 Å². The second-order valence-electron chi connectivity index (χ2n) is 3.98. The number of aromatic nitrogens is 2. The Kier molecular flexibility index (Phi) is 2.33. The van der Waals surface area contributed by atoms with Crippen LogP contribution in [0.2, 0.25) is 0 Å². The highest BCUT2D eigenvalue weighted by molar-refractivity contribution is 5.97. The molecule has 0 spiro atoms. The Bertz CT molecular complexity index is 598. The van der Waals surface area contributed by atoms with Crippen LogP contribution in [0.5, 0.6) is 0 Å². The van der Waals surface area contributed by atoms with Crippen LogP contribution in [0, 0.1) is 0 Å². The van der Waals surface area contributed by atoms with Gasteiger partial charge >= 0.3 is 0 Å². The summed E-state index contributed by atoms with van der Waals surface area (Å²) in [5.41, 5.74) is 1.48. The van der Waals surface area contributed by atoms with Crippen molar-refractivity contribution in [3.8, 4) is 0 Å². The van der Waals surface area contributed by atoms with E-state index in [1.165, 1.54) is 6.33 Å². The molecule has 0 saturated heterocycles. The number of carbonyl (C=O) groups excluding carboxylic acids is 1. The molecule has 1 aliphatic heterocycles. The Labute approximate surface area is 98.6 Å². The summed E-state index contributed by atoms with van der Waals surface area (Å²) >= 11 is 0. The van der Waals surface area contributed by atoms with Crippen LogP contribution in [-0.4, -0.2) is 33.9 Å². The lowest BCUT2D eigenvalue weighted by atomic mass is 10.1. The van der Waals surface area contributed by atoms with E-state index in [1.54, 1.807) is 11.1 Å². The van der Waals surface area contributed by atoms with Gasteiger partial charge in [0.25, 0.3) is 5.91 Å². The maximum Gasteiger partial charge on any atom is 0.254 e. The number of carbonyl (C=O) groups is 1. The largest absolute Gasteiger partial charge is 0.331 e. The van der Waals surface area contributed by atoms with Crippen molar-refractivity contribution in [1.29, 1.82) is 0 Å². The molecule has 0 atom stereocenters. The van der Waals surface area contributed by atoms with Crippen LogP contribution in [0.15, 0.2) is 42.9 Å². The minimum atomic E-state index is 0.0514. The van der Waals surface area contributed by atoms with E-state index >= 15 is 0 Å². The third-order valence-electron chi connectivity index (χ3n) is 2.86. The lowest BCUT2D eigenvalue weighted by Crippen LogP contribution is -2.28. The van der Waals surface area contributed by atoms with Gasteiger partial charge in [0.1, 0.15) is 6.33 Å². The quantitative estimate of drug-likeness (QED) is 0.693. The van der Waals surface area contributed by atoms with Gasteiger partial charge in [0.2, 0.25) is 0 Å². The zero-order valence-electron chi connectivity index (χ0n) is 9.21. The van der Waals surface area contributed by atoms with Crippen molar-refractivity contribution in [3.05, 3.63) is 48.4 Å². The Hall–Kier alpha value is -2.23. The number of hydrogen-bond acceptors (Lipinski definition) is 3. The normalized spacial score (nSPS) is 14.5. The van der Waals surface area contributed by atoms with Crippen LogP contribution in [0.3, 0.4) is 0 Å². The summed E-state index contributed by atoms with van der Waals surface area (Å²) in [4.78, 5) is 22.0. The first-order chi connectivity index (χ1) is 8.34. The highest BCUT2D eigenvalue weighted by Crippen LogP contribution is 2.15. The van der Waals surface area contributed by atoms with E-state index in [4.69, 9.17) is 0 Å². The average molecular weight is 225 g/mol. The van der Waals surface area contributed by atoms with Gasteiger partial charge in [-0.05, 0) is 12.1 Å². The highest BCUT2D eigenvalue weighted by Gasteiger charge is 2.16. The molecular formula is C13H11N3O. The molecule has 0 bridgehead atoms. The molecule has 0 saturated carbocycles. The zero-order valence-corrected chi connectivity index (χ0v) is 9.21. The molecule has 2 aromatic rings.